The fourth-order valence-corrected chi connectivity index (χ4v) is 4.08. The van der Waals surface area contributed by atoms with Crippen molar-refractivity contribution in [3.8, 4) is 0 Å². The number of halogens is 1. The number of carbonyl (C=O) groups excluding carboxylic acids is 1. The van der Waals surface area contributed by atoms with Gasteiger partial charge in [0.25, 0.3) is 5.91 Å². The zero-order chi connectivity index (χ0) is 17.1. The molecule has 0 unspecified atom stereocenters. The molecule has 3 rings (SSSR count). The van der Waals surface area contributed by atoms with Crippen molar-refractivity contribution in [3.05, 3.63) is 57.5 Å². The van der Waals surface area contributed by atoms with E-state index >= 15 is 0 Å². The second-order valence-corrected chi connectivity index (χ2v) is 7.42. The van der Waals surface area contributed by atoms with Crippen LogP contribution in [0.1, 0.15) is 42.3 Å². The highest BCUT2D eigenvalue weighted by molar-refractivity contribution is 7.10. The normalized spacial score (nSPS) is 18.3. The largest absolute Gasteiger partial charge is 0.336 e. The van der Waals surface area contributed by atoms with Gasteiger partial charge in [-0.15, -0.1) is 11.3 Å². The number of rotatable bonds is 5. The van der Waals surface area contributed by atoms with Gasteiger partial charge in [-0.25, -0.2) is 4.39 Å². The molecule has 3 nitrogen and oxygen atoms in total. The van der Waals surface area contributed by atoms with Crippen molar-refractivity contribution in [2.45, 2.75) is 38.8 Å². The molecule has 0 saturated heterocycles. The average molecular weight is 347 g/mol. The molecule has 24 heavy (non-hydrogen) atoms. The Balaban J connectivity index is 1.87. The standard InChI is InChI=1S/C19H23FN2OS/c1-3-13(2)21-12-18(23)22-10-8-17-16(9-11-24-17)19(22)14-4-6-15(20)7-5-14/h4-7,9,11,13,19,21H,3,8,10,12H2,1-2H3/p+1/t13-,19+/m0/s1. The fraction of sp³-hybridized carbons (Fsp3) is 0.421. The Morgan fingerprint density at radius 2 is 2.12 bits per heavy atom. The molecule has 1 aliphatic rings. The topological polar surface area (TPSA) is 36.9 Å². The van der Waals surface area contributed by atoms with E-state index < -0.39 is 0 Å². The Kier molecular flexibility index (Phi) is 5.31. The van der Waals surface area contributed by atoms with Crippen LogP contribution in [0.25, 0.3) is 0 Å². The molecule has 1 aromatic carbocycles. The van der Waals surface area contributed by atoms with Crippen LogP contribution in [0.4, 0.5) is 4.39 Å². The van der Waals surface area contributed by atoms with E-state index in [0.717, 1.165) is 24.9 Å². The molecule has 0 fully saturated rings. The van der Waals surface area contributed by atoms with Crippen molar-refractivity contribution < 1.29 is 14.5 Å². The Labute approximate surface area is 146 Å². The Bertz CT molecular complexity index is 698. The summed E-state index contributed by atoms with van der Waals surface area (Å²) in [4.78, 5) is 16.1. The number of benzene rings is 1. The van der Waals surface area contributed by atoms with Gasteiger partial charge in [0.15, 0.2) is 6.54 Å². The Hall–Kier alpha value is -1.72. The molecule has 0 saturated carbocycles. The van der Waals surface area contributed by atoms with Crippen molar-refractivity contribution in [2.75, 3.05) is 13.1 Å². The minimum absolute atomic E-state index is 0.0987. The van der Waals surface area contributed by atoms with Gasteiger partial charge in [-0.3, -0.25) is 4.79 Å². The highest BCUT2D eigenvalue weighted by Gasteiger charge is 2.33. The lowest BCUT2D eigenvalue weighted by Crippen LogP contribution is -2.91. The van der Waals surface area contributed by atoms with E-state index in [1.54, 1.807) is 23.5 Å². The van der Waals surface area contributed by atoms with Gasteiger partial charge in [0.2, 0.25) is 0 Å². The van der Waals surface area contributed by atoms with E-state index in [-0.39, 0.29) is 17.8 Å². The van der Waals surface area contributed by atoms with E-state index in [1.165, 1.54) is 22.6 Å². The Morgan fingerprint density at radius 1 is 1.38 bits per heavy atom. The van der Waals surface area contributed by atoms with E-state index in [1.807, 2.05) is 4.90 Å². The summed E-state index contributed by atoms with van der Waals surface area (Å²) in [6, 6.07) is 8.99. The van der Waals surface area contributed by atoms with Crippen LogP contribution < -0.4 is 5.32 Å². The number of thiophene rings is 1. The molecular formula is C19H24FN2OS+. The highest BCUT2D eigenvalue weighted by Crippen LogP contribution is 2.37. The first-order valence-electron chi connectivity index (χ1n) is 8.54. The lowest BCUT2D eigenvalue weighted by Gasteiger charge is -2.36. The van der Waals surface area contributed by atoms with Gasteiger partial charge in [0, 0.05) is 11.4 Å². The number of amides is 1. The summed E-state index contributed by atoms with van der Waals surface area (Å²) in [5.41, 5.74) is 2.17. The molecular weight excluding hydrogens is 323 g/mol. The molecule has 2 heterocycles. The number of nitrogens with two attached hydrogens (primary N) is 1. The first kappa shape index (κ1) is 17.1. The fourth-order valence-electron chi connectivity index (χ4n) is 3.18. The van der Waals surface area contributed by atoms with E-state index in [4.69, 9.17) is 0 Å². The third kappa shape index (κ3) is 3.52. The predicted molar refractivity (Wildman–Crippen MR) is 94.5 cm³/mol. The molecule has 0 aliphatic carbocycles. The van der Waals surface area contributed by atoms with Gasteiger partial charge < -0.3 is 10.2 Å². The lowest BCUT2D eigenvalue weighted by atomic mass is 9.93. The van der Waals surface area contributed by atoms with Crippen molar-refractivity contribution in [1.82, 2.24) is 4.90 Å². The summed E-state index contributed by atoms with van der Waals surface area (Å²) in [5.74, 6) is -0.0930. The predicted octanol–water partition coefficient (Wildman–Crippen LogP) is 2.72. The molecule has 0 radical (unpaired) electrons. The molecule has 0 spiro atoms. The third-order valence-electron chi connectivity index (χ3n) is 4.81. The summed E-state index contributed by atoms with van der Waals surface area (Å²) in [6.07, 6.45) is 1.95. The summed E-state index contributed by atoms with van der Waals surface area (Å²) in [6.45, 7) is 5.46. The molecule has 1 amide bonds. The maximum absolute atomic E-state index is 13.3. The summed E-state index contributed by atoms with van der Waals surface area (Å²) in [7, 11) is 0. The van der Waals surface area contributed by atoms with Crippen LogP contribution in [0.5, 0.6) is 0 Å². The number of hydrogen-bond acceptors (Lipinski definition) is 2. The molecule has 2 N–H and O–H groups in total. The average Bonchev–Trinajstić information content (AvgIpc) is 3.08. The van der Waals surface area contributed by atoms with Crippen molar-refractivity contribution in [2.24, 2.45) is 0 Å². The molecule has 2 atom stereocenters. The van der Waals surface area contributed by atoms with Crippen LogP contribution in [0.2, 0.25) is 0 Å². The van der Waals surface area contributed by atoms with Gasteiger partial charge in [-0.05, 0) is 54.5 Å². The molecule has 1 aromatic heterocycles. The summed E-state index contributed by atoms with van der Waals surface area (Å²) < 4.78 is 13.3. The van der Waals surface area contributed by atoms with E-state index in [2.05, 4.69) is 30.6 Å². The zero-order valence-electron chi connectivity index (χ0n) is 14.2. The monoisotopic (exact) mass is 347 g/mol. The molecule has 2 aromatic rings. The van der Waals surface area contributed by atoms with Gasteiger partial charge in [-0.1, -0.05) is 19.1 Å². The van der Waals surface area contributed by atoms with Crippen LogP contribution >= 0.6 is 11.3 Å². The number of fused-ring (bicyclic) bond motifs is 1. The van der Waals surface area contributed by atoms with Crippen molar-refractivity contribution in [3.63, 3.8) is 0 Å². The number of nitrogens with zero attached hydrogens (tertiary/aromatic N) is 1. The third-order valence-corrected chi connectivity index (χ3v) is 5.81. The van der Waals surface area contributed by atoms with Crippen molar-refractivity contribution >= 4 is 17.2 Å². The minimum Gasteiger partial charge on any atom is -0.336 e. The maximum atomic E-state index is 13.3. The zero-order valence-corrected chi connectivity index (χ0v) is 15.0. The second kappa shape index (κ2) is 7.45. The molecule has 1 aliphatic heterocycles. The molecule has 5 heteroatoms. The second-order valence-electron chi connectivity index (χ2n) is 6.42. The number of carbonyl (C=O) groups is 1. The maximum Gasteiger partial charge on any atom is 0.278 e. The van der Waals surface area contributed by atoms with Crippen LogP contribution in [0.3, 0.4) is 0 Å². The van der Waals surface area contributed by atoms with Gasteiger partial charge in [-0.2, -0.15) is 0 Å². The van der Waals surface area contributed by atoms with Gasteiger partial charge in [0.1, 0.15) is 5.82 Å². The molecule has 0 bridgehead atoms. The first-order valence-corrected chi connectivity index (χ1v) is 9.42. The quantitative estimate of drug-likeness (QED) is 0.887. The van der Waals surface area contributed by atoms with Crippen LogP contribution in [-0.4, -0.2) is 29.9 Å². The summed E-state index contributed by atoms with van der Waals surface area (Å²) in [5, 5.41) is 4.19. The van der Waals surface area contributed by atoms with E-state index in [0.29, 0.717) is 12.6 Å². The van der Waals surface area contributed by atoms with Crippen molar-refractivity contribution in [1.29, 1.82) is 0 Å². The molecule has 128 valence electrons. The Morgan fingerprint density at radius 3 is 2.83 bits per heavy atom. The van der Waals surface area contributed by atoms with Gasteiger partial charge in [0.05, 0.1) is 12.1 Å². The van der Waals surface area contributed by atoms with E-state index in [9.17, 15) is 9.18 Å². The number of quaternary nitrogens is 1. The minimum atomic E-state index is -0.247. The SMILES string of the molecule is CC[C@H](C)[NH2+]CC(=O)N1CCc2sccc2[C@H]1c1ccc(F)cc1. The van der Waals surface area contributed by atoms with Crippen LogP contribution in [0, 0.1) is 5.82 Å². The first-order chi connectivity index (χ1) is 11.6. The lowest BCUT2D eigenvalue weighted by molar-refractivity contribution is -0.676. The highest BCUT2D eigenvalue weighted by atomic mass is 32.1. The summed E-state index contributed by atoms with van der Waals surface area (Å²) >= 11 is 1.74. The number of hydrogen-bond donors (Lipinski definition) is 1. The van der Waals surface area contributed by atoms with Crippen LogP contribution in [-0.2, 0) is 11.2 Å². The van der Waals surface area contributed by atoms with Crippen LogP contribution in [0.15, 0.2) is 35.7 Å². The van der Waals surface area contributed by atoms with Gasteiger partial charge >= 0.3 is 0 Å². The smallest absolute Gasteiger partial charge is 0.278 e.